The van der Waals surface area contributed by atoms with Crippen LogP contribution < -0.4 is 9.47 Å². The molecule has 0 spiro atoms. The third-order valence-electron chi connectivity index (χ3n) is 7.04. The van der Waals surface area contributed by atoms with Gasteiger partial charge in [0.25, 0.3) is 0 Å². The minimum Gasteiger partial charge on any atom is -0.502 e. The molecule has 0 aromatic heterocycles. The predicted octanol–water partition coefficient (Wildman–Crippen LogP) is 7.65. The Kier molecular flexibility index (Phi) is 18.1. The Labute approximate surface area is 236 Å². The quantitative estimate of drug-likeness (QED) is 0.117. The van der Waals surface area contributed by atoms with Crippen molar-refractivity contribution in [2.45, 2.75) is 112 Å². The fourth-order valence-corrected chi connectivity index (χ4v) is 4.29. The van der Waals surface area contributed by atoms with E-state index in [0.717, 1.165) is 64.2 Å². The van der Waals surface area contributed by atoms with Crippen LogP contribution in [0, 0.1) is 17.8 Å². The molecule has 224 valence electrons. The van der Waals surface area contributed by atoms with Gasteiger partial charge in [-0.3, -0.25) is 9.59 Å². The average molecular weight is 551 g/mol. The van der Waals surface area contributed by atoms with Crippen LogP contribution in [-0.4, -0.2) is 43.5 Å². The second kappa shape index (κ2) is 20.5. The molecule has 7 heteroatoms. The molecule has 0 saturated carbocycles. The topological polar surface area (TPSA) is 91.3 Å². The number of phenols is 1. The Morgan fingerprint density at radius 3 is 1.51 bits per heavy atom. The van der Waals surface area contributed by atoms with Crippen molar-refractivity contribution in [1.82, 2.24) is 0 Å². The molecule has 0 aliphatic heterocycles. The number of ether oxygens (including phenoxy) is 4. The summed E-state index contributed by atoms with van der Waals surface area (Å²) in [6, 6.07) is 3.34. The highest BCUT2D eigenvalue weighted by molar-refractivity contribution is 5.95. The maximum absolute atomic E-state index is 13.3. The summed E-state index contributed by atoms with van der Waals surface area (Å²) < 4.78 is 22.9. The van der Waals surface area contributed by atoms with Gasteiger partial charge < -0.3 is 24.1 Å². The van der Waals surface area contributed by atoms with Gasteiger partial charge in [-0.15, -0.1) is 0 Å². The SMILES string of the molecule is CCCCC(CC)COC(=O)C(Cc1cc(OCCC)c(O)c(OCCC)c1)C(=O)OCC(CC)CCCC. The number of hydrogen-bond acceptors (Lipinski definition) is 7. The van der Waals surface area contributed by atoms with Gasteiger partial charge in [0, 0.05) is 0 Å². The number of hydrogen-bond donors (Lipinski definition) is 1. The lowest BCUT2D eigenvalue weighted by Gasteiger charge is -2.21. The third kappa shape index (κ3) is 13.0. The molecule has 0 bridgehead atoms. The number of rotatable bonds is 22. The van der Waals surface area contributed by atoms with Crippen molar-refractivity contribution >= 4 is 11.9 Å². The molecule has 0 saturated heterocycles. The van der Waals surface area contributed by atoms with Crippen LogP contribution >= 0.6 is 0 Å². The van der Waals surface area contributed by atoms with Gasteiger partial charge in [-0.2, -0.15) is 0 Å². The van der Waals surface area contributed by atoms with Crippen LogP contribution in [0.5, 0.6) is 17.2 Å². The first-order valence-electron chi connectivity index (χ1n) is 15.3. The highest BCUT2D eigenvalue weighted by atomic mass is 16.6. The molecular weight excluding hydrogens is 496 g/mol. The summed E-state index contributed by atoms with van der Waals surface area (Å²) in [6.07, 6.45) is 9.71. The Morgan fingerprint density at radius 2 is 1.15 bits per heavy atom. The Hall–Kier alpha value is -2.44. The molecule has 0 heterocycles. The first-order valence-corrected chi connectivity index (χ1v) is 15.3. The van der Waals surface area contributed by atoms with Crippen molar-refractivity contribution in [1.29, 1.82) is 0 Å². The molecular formula is C32H54O7. The molecule has 1 aromatic carbocycles. The molecule has 2 unspecified atom stereocenters. The largest absolute Gasteiger partial charge is 0.502 e. The number of esters is 2. The Balaban J connectivity index is 3.19. The lowest BCUT2D eigenvalue weighted by molar-refractivity contribution is -0.163. The summed E-state index contributed by atoms with van der Waals surface area (Å²) >= 11 is 0. The van der Waals surface area contributed by atoms with Crippen molar-refractivity contribution in [3.63, 3.8) is 0 Å². The fourth-order valence-electron chi connectivity index (χ4n) is 4.29. The Morgan fingerprint density at radius 1 is 0.718 bits per heavy atom. The van der Waals surface area contributed by atoms with E-state index in [4.69, 9.17) is 18.9 Å². The maximum Gasteiger partial charge on any atom is 0.320 e. The van der Waals surface area contributed by atoms with E-state index in [-0.39, 0.29) is 35.5 Å². The third-order valence-corrected chi connectivity index (χ3v) is 7.04. The van der Waals surface area contributed by atoms with E-state index >= 15 is 0 Å². The number of benzene rings is 1. The summed E-state index contributed by atoms with van der Waals surface area (Å²) in [5.74, 6) is -1.25. The molecule has 2 atom stereocenters. The highest BCUT2D eigenvalue weighted by Crippen LogP contribution is 2.38. The van der Waals surface area contributed by atoms with Crippen LogP contribution in [0.3, 0.4) is 0 Å². The van der Waals surface area contributed by atoms with Crippen molar-refractivity contribution in [2.24, 2.45) is 17.8 Å². The number of carbonyl (C=O) groups is 2. The highest BCUT2D eigenvalue weighted by Gasteiger charge is 2.32. The van der Waals surface area contributed by atoms with Crippen molar-refractivity contribution in [3.8, 4) is 17.2 Å². The molecule has 0 fully saturated rings. The predicted molar refractivity (Wildman–Crippen MR) is 155 cm³/mol. The molecule has 0 aliphatic carbocycles. The zero-order valence-electron chi connectivity index (χ0n) is 25.4. The van der Waals surface area contributed by atoms with E-state index in [1.807, 2.05) is 13.8 Å². The van der Waals surface area contributed by atoms with Gasteiger partial charge in [0.05, 0.1) is 26.4 Å². The van der Waals surface area contributed by atoms with Crippen LogP contribution in [0.4, 0.5) is 0 Å². The van der Waals surface area contributed by atoms with Crippen LogP contribution in [0.25, 0.3) is 0 Å². The minimum absolute atomic E-state index is 0.0699. The van der Waals surface area contributed by atoms with Gasteiger partial charge in [-0.25, -0.2) is 0 Å². The molecule has 0 amide bonds. The van der Waals surface area contributed by atoms with E-state index in [1.54, 1.807) is 12.1 Å². The van der Waals surface area contributed by atoms with Gasteiger partial charge in [-0.1, -0.05) is 80.1 Å². The second-order valence-electron chi connectivity index (χ2n) is 10.5. The van der Waals surface area contributed by atoms with E-state index in [1.165, 1.54) is 0 Å². The number of carbonyl (C=O) groups excluding carboxylic acids is 2. The van der Waals surface area contributed by atoms with Crippen LogP contribution in [0.2, 0.25) is 0 Å². The van der Waals surface area contributed by atoms with E-state index in [0.29, 0.717) is 32.0 Å². The minimum atomic E-state index is -1.11. The number of aromatic hydroxyl groups is 1. The van der Waals surface area contributed by atoms with Gasteiger partial charge in [-0.05, 0) is 61.6 Å². The van der Waals surface area contributed by atoms with Crippen molar-refractivity contribution in [2.75, 3.05) is 26.4 Å². The standard InChI is InChI=1S/C32H54O7/c1-7-13-15-24(11-5)22-38-31(34)27(32(35)39-23-25(12-6)16-14-8-2)19-26-20-28(36-17-9-3)30(33)29(21-26)37-18-10-4/h20-21,24-25,27,33H,7-19,22-23H2,1-6H3. The zero-order valence-corrected chi connectivity index (χ0v) is 25.4. The first kappa shape index (κ1) is 34.6. The van der Waals surface area contributed by atoms with Crippen molar-refractivity contribution < 1.29 is 33.6 Å². The summed E-state index contributed by atoms with van der Waals surface area (Å²) in [6.45, 7) is 13.8. The summed E-state index contributed by atoms with van der Waals surface area (Å²) in [4.78, 5) is 26.6. The van der Waals surface area contributed by atoms with Crippen LogP contribution in [0.15, 0.2) is 12.1 Å². The van der Waals surface area contributed by atoms with E-state index < -0.39 is 17.9 Å². The summed E-state index contributed by atoms with van der Waals surface area (Å²) in [5.41, 5.74) is 0.639. The molecule has 1 rings (SSSR count). The van der Waals surface area contributed by atoms with E-state index in [2.05, 4.69) is 27.7 Å². The number of phenolic OH excluding ortho intramolecular Hbond substituents is 1. The monoisotopic (exact) mass is 550 g/mol. The second-order valence-corrected chi connectivity index (χ2v) is 10.5. The lowest BCUT2D eigenvalue weighted by atomic mass is 9.97. The summed E-state index contributed by atoms with van der Waals surface area (Å²) in [5, 5.41) is 10.7. The molecule has 0 radical (unpaired) electrons. The normalized spacial score (nSPS) is 13.4. The lowest BCUT2D eigenvalue weighted by Crippen LogP contribution is -2.32. The fraction of sp³-hybridized carbons (Fsp3) is 0.750. The summed E-state index contributed by atoms with van der Waals surface area (Å²) in [7, 11) is 0. The van der Waals surface area contributed by atoms with Gasteiger partial charge in [0.2, 0.25) is 5.75 Å². The number of unbranched alkanes of at least 4 members (excludes halogenated alkanes) is 2. The van der Waals surface area contributed by atoms with E-state index in [9.17, 15) is 14.7 Å². The van der Waals surface area contributed by atoms with Gasteiger partial charge >= 0.3 is 11.9 Å². The van der Waals surface area contributed by atoms with Gasteiger partial charge in [0.15, 0.2) is 17.4 Å². The van der Waals surface area contributed by atoms with Gasteiger partial charge in [0.1, 0.15) is 0 Å². The molecule has 39 heavy (non-hydrogen) atoms. The smallest absolute Gasteiger partial charge is 0.320 e. The molecule has 0 aliphatic rings. The molecule has 7 nitrogen and oxygen atoms in total. The molecule has 1 N–H and O–H groups in total. The van der Waals surface area contributed by atoms with Crippen LogP contribution in [0.1, 0.15) is 111 Å². The maximum atomic E-state index is 13.3. The zero-order chi connectivity index (χ0) is 29.0. The van der Waals surface area contributed by atoms with Crippen LogP contribution in [-0.2, 0) is 25.5 Å². The Bertz CT molecular complexity index is 762. The average Bonchev–Trinajstić information content (AvgIpc) is 2.94. The van der Waals surface area contributed by atoms with Crippen molar-refractivity contribution in [3.05, 3.63) is 17.7 Å². The first-order chi connectivity index (χ1) is 18.8. The molecule has 1 aromatic rings.